The maximum atomic E-state index is 11.1. The van der Waals surface area contributed by atoms with Crippen LogP contribution in [0.15, 0.2) is 34.9 Å². The molecule has 0 bridgehead atoms. The average Bonchev–Trinajstić information content (AvgIpc) is 2.87. The molecule has 112 valence electrons. The van der Waals surface area contributed by atoms with Crippen LogP contribution in [0.4, 0.5) is 0 Å². The summed E-state index contributed by atoms with van der Waals surface area (Å²) in [4.78, 5) is 15.4. The quantitative estimate of drug-likeness (QED) is 0.857. The number of nitrogens with zero attached hydrogens (tertiary/aromatic N) is 1. The molecule has 2 aromatic rings. The summed E-state index contributed by atoms with van der Waals surface area (Å²) in [6, 6.07) is 6.59. The lowest BCUT2D eigenvalue weighted by Gasteiger charge is -2.16. The summed E-state index contributed by atoms with van der Waals surface area (Å²) in [6.07, 6.45) is 1.52. The van der Waals surface area contributed by atoms with Crippen LogP contribution in [0.3, 0.4) is 0 Å². The minimum absolute atomic E-state index is 0.0122. The van der Waals surface area contributed by atoms with Gasteiger partial charge in [-0.25, -0.2) is 4.98 Å². The summed E-state index contributed by atoms with van der Waals surface area (Å²) < 4.78 is 5.40. The second kappa shape index (κ2) is 6.74. The first kappa shape index (κ1) is 15.5. The molecular weight excluding hydrogens is 292 g/mol. The molecule has 1 aromatic carbocycles. The molecule has 0 saturated carbocycles. The average molecular weight is 309 g/mol. The minimum Gasteiger partial charge on any atom is -0.480 e. The molecule has 0 saturated heterocycles. The van der Waals surface area contributed by atoms with Crippen molar-refractivity contribution in [1.82, 2.24) is 10.3 Å². The predicted molar refractivity (Wildman–Crippen MR) is 80.1 cm³/mol. The van der Waals surface area contributed by atoms with Crippen LogP contribution in [0.25, 0.3) is 11.5 Å². The van der Waals surface area contributed by atoms with Gasteiger partial charge in [0.25, 0.3) is 0 Å². The van der Waals surface area contributed by atoms with Crippen molar-refractivity contribution in [1.29, 1.82) is 0 Å². The van der Waals surface area contributed by atoms with E-state index in [-0.39, 0.29) is 5.92 Å². The van der Waals surface area contributed by atoms with Gasteiger partial charge in [0, 0.05) is 17.1 Å². The van der Waals surface area contributed by atoms with E-state index in [1.807, 2.05) is 26.0 Å². The van der Waals surface area contributed by atoms with Crippen LogP contribution in [-0.4, -0.2) is 22.1 Å². The molecule has 0 aliphatic heterocycles. The summed E-state index contributed by atoms with van der Waals surface area (Å²) in [5, 5.41) is 12.7. The Labute approximate surface area is 128 Å². The number of aromatic nitrogens is 1. The van der Waals surface area contributed by atoms with E-state index < -0.39 is 12.0 Å². The van der Waals surface area contributed by atoms with Gasteiger partial charge in [0.1, 0.15) is 12.3 Å². The van der Waals surface area contributed by atoms with Crippen LogP contribution in [0.1, 0.15) is 19.5 Å². The third kappa shape index (κ3) is 4.06. The Hall–Kier alpha value is -1.85. The summed E-state index contributed by atoms with van der Waals surface area (Å²) in [7, 11) is 0. The van der Waals surface area contributed by atoms with E-state index in [2.05, 4.69) is 10.3 Å². The number of oxazole rings is 1. The number of halogens is 1. The molecule has 5 nitrogen and oxygen atoms in total. The van der Waals surface area contributed by atoms with Crippen LogP contribution >= 0.6 is 11.6 Å². The van der Waals surface area contributed by atoms with Crippen LogP contribution in [0.2, 0.25) is 5.02 Å². The number of hydrogen-bond donors (Lipinski definition) is 2. The van der Waals surface area contributed by atoms with Crippen LogP contribution in [0, 0.1) is 5.92 Å². The van der Waals surface area contributed by atoms with Gasteiger partial charge in [-0.05, 0) is 24.1 Å². The number of nitrogens with one attached hydrogen (secondary N) is 1. The van der Waals surface area contributed by atoms with Gasteiger partial charge in [0.2, 0.25) is 5.89 Å². The fourth-order valence-electron chi connectivity index (χ4n) is 1.96. The van der Waals surface area contributed by atoms with Crippen molar-refractivity contribution in [2.45, 2.75) is 26.4 Å². The zero-order chi connectivity index (χ0) is 15.4. The van der Waals surface area contributed by atoms with E-state index in [9.17, 15) is 4.79 Å². The van der Waals surface area contributed by atoms with E-state index in [1.165, 1.54) is 6.26 Å². The van der Waals surface area contributed by atoms with Crippen molar-refractivity contribution in [2.24, 2.45) is 5.92 Å². The van der Waals surface area contributed by atoms with Gasteiger partial charge in [0.15, 0.2) is 0 Å². The predicted octanol–water partition coefficient (Wildman–Crippen LogP) is 3.19. The molecule has 2 N–H and O–H groups in total. The SMILES string of the molecule is CC(C)C(NCc1coc(-c2cccc(Cl)c2)n1)C(=O)O. The van der Waals surface area contributed by atoms with E-state index in [4.69, 9.17) is 21.1 Å². The zero-order valence-corrected chi connectivity index (χ0v) is 12.6. The number of carboxylic acids is 1. The molecular formula is C15H17ClN2O3. The zero-order valence-electron chi connectivity index (χ0n) is 11.8. The van der Waals surface area contributed by atoms with Gasteiger partial charge in [-0.3, -0.25) is 10.1 Å². The van der Waals surface area contributed by atoms with E-state index in [1.54, 1.807) is 12.1 Å². The Morgan fingerprint density at radius 1 is 1.48 bits per heavy atom. The molecule has 1 atom stereocenters. The van der Waals surface area contributed by atoms with Gasteiger partial charge >= 0.3 is 5.97 Å². The molecule has 0 radical (unpaired) electrons. The van der Waals surface area contributed by atoms with Crippen LogP contribution in [-0.2, 0) is 11.3 Å². The first-order valence-corrected chi connectivity index (χ1v) is 7.01. The molecule has 2 rings (SSSR count). The molecule has 6 heteroatoms. The molecule has 21 heavy (non-hydrogen) atoms. The highest BCUT2D eigenvalue weighted by Gasteiger charge is 2.21. The Morgan fingerprint density at radius 2 is 2.24 bits per heavy atom. The molecule has 0 amide bonds. The summed E-state index contributed by atoms with van der Waals surface area (Å²) in [6.45, 7) is 4.04. The van der Waals surface area contributed by atoms with Gasteiger partial charge in [-0.2, -0.15) is 0 Å². The lowest BCUT2D eigenvalue weighted by molar-refractivity contribution is -0.140. The van der Waals surface area contributed by atoms with Crippen LogP contribution in [0.5, 0.6) is 0 Å². The third-order valence-corrected chi connectivity index (χ3v) is 3.29. The van der Waals surface area contributed by atoms with Crippen LogP contribution < -0.4 is 5.32 Å². The van der Waals surface area contributed by atoms with Crippen molar-refractivity contribution in [3.05, 3.63) is 41.2 Å². The standard InChI is InChI=1S/C15H17ClN2O3/c1-9(2)13(15(19)20)17-7-12-8-21-14(18-12)10-4-3-5-11(16)6-10/h3-6,8-9,13,17H,7H2,1-2H3,(H,19,20). The van der Waals surface area contributed by atoms with Gasteiger partial charge < -0.3 is 9.52 Å². The smallest absolute Gasteiger partial charge is 0.320 e. The molecule has 1 aromatic heterocycles. The molecule has 0 aliphatic rings. The fourth-order valence-corrected chi connectivity index (χ4v) is 2.16. The van der Waals surface area contributed by atoms with E-state index in [0.717, 1.165) is 5.56 Å². The molecule has 1 heterocycles. The second-order valence-corrected chi connectivity index (χ2v) is 5.53. The first-order valence-electron chi connectivity index (χ1n) is 6.64. The third-order valence-electron chi connectivity index (χ3n) is 3.06. The molecule has 0 spiro atoms. The minimum atomic E-state index is -0.872. The number of aliphatic carboxylic acids is 1. The Morgan fingerprint density at radius 3 is 2.86 bits per heavy atom. The second-order valence-electron chi connectivity index (χ2n) is 5.10. The van der Waals surface area contributed by atoms with Gasteiger partial charge in [-0.1, -0.05) is 31.5 Å². The maximum absolute atomic E-state index is 11.1. The topological polar surface area (TPSA) is 75.4 Å². The number of carbonyl (C=O) groups is 1. The number of hydrogen-bond acceptors (Lipinski definition) is 4. The number of rotatable bonds is 6. The van der Waals surface area contributed by atoms with Crippen molar-refractivity contribution in [3.63, 3.8) is 0 Å². The highest BCUT2D eigenvalue weighted by Crippen LogP contribution is 2.22. The maximum Gasteiger partial charge on any atom is 0.320 e. The van der Waals surface area contributed by atoms with Crippen molar-refractivity contribution in [3.8, 4) is 11.5 Å². The molecule has 0 aliphatic carbocycles. The first-order chi connectivity index (χ1) is 9.97. The fraction of sp³-hybridized carbons (Fsp3) is 0.333. The molecule has 0 fully saturated rings. The number of benzene rings is 1. The lowest BCUT2D eigenvalue weighted by Crippen LogP contribution is -2.40. The monoisotopic (exact) mass is 308 g/mol. The van der Waals surface area contributed by atoms with Crippen molar-refractivity contribution >= 4 is 17.6 Å². The highest BCUT2D eigenvalue weighted by atomic mass is 35.5. The normalized spacial score (nSPS) is 12.6. The largest absolute Gasteiger partial charge is 0.480 e. The lowest BCUT2D eigenvalue weighted by atomic mass is 10.1. The summed E-state index contributed by atoms with van der Waals surface area (Å²) in [5.74, 6) is -0.420. The Balaban J connectivity index is 2.05. The Kier molecular flexibility index (Phi) is 4.98. The molecule has 1 unspecified atom stereocenters. The van der Waals surface area contributed by atoms with Crippen molar-refractivity contribution < 1.29 is 14.3 Å². The van der Waals surface area contributed by atoms with E-state index in [0.29, 0.717) is 23.2 Å². The van der Waals surface area contributed by atoms with E-state index >= 15 is 0 Å². The summed E-state index contributed by atoms with van der Waals surface area (Å²) >= 11 is 5.93. The Bertz CT molecular complexity index is 625. The highest BCUT2D eigenvalue weighted by molar-refractivity contribution is 6.30. The summed E-state index contributed by atoms with van der Waals surface area (Å²) in [5.41, 5.74) is 1.43. The number of carboxylic acid groups (broad SMARTS) is 1. The van der Waals surface area contributed by atoms with Gasteiger partial charge in [-0.15, -0.1) is 0 Å². The van der Waals surface area contributed by atoms with Gasteiger partial charge in [0.05, 0.1) is 5.69 Å². The van der Waals surface area contributed by atoms with Crippen molar-refractivity contribution in [2.75, 3.05) is 0 Å².